The van der Waals surface area contributed by atoms with Crippen molar-refractivity contribution in [3.63, 3.8) is 0 Å². The van der Waals surface area contributed by atoms with Gasteiger partial charge >= 0.3 is 12.0 Å². The minimum atomic E-state index is -0.877. The third-order valence-corrected chi connectivity index (χ3v) is 5.70. The van der Waals surface area contributed by atoms with Crippen LogP contribution >= 0.6 is 0 Å². The number of amidine groups is 1. The molecule has 174 valence electrons. The summed E-state index contributed by atoms with van der Waals surface area (Å²) in [4.78, 5) is 34.3. The van der Waals surface area contributed by atoms with Gasteiger partial charge in [-0.25, -0.2) is 9.37 Å². The lowest BCUT2D eigenvalue weighted by Crippen LogP contribution is -2.62. The summed E-state index contributed by atoms with van der Waals surface area (Å²) in [5.74, 6) is 1.12. The van der Waals surface area contributed by atoms with E-state index in [1.807, 2.05) is 51.0 Å². The summed E-state index contributed by atoms with van der Waals surface area (Å²) in [5.41, 5.74) is 2.28. The van der Waals surface area contributed by atoms with Gasteiger partial charge < -0.3 is 14.7 Å². The first-order chi connectivity index (χ1) is 15.1. The van der Waals surface area contributed by atoms with Gasteiger partial charge in [0.25, 0.3) is 5.91 Å². The van der Waals surface area contributed by atoms with Crippen LogP contribution in [0.2, 0.25) is 0 Å². The van der Waals surface area contributed by atoms with Crippen LogP contribution in [-0.4, -0.2) is 115 Å². The van der Waals surface area contributed by atoms with Crippen LogP contribution in [0.1, 0.15) is 11.1 Å². The van der Waals surface area contributed by atoms with Crippen molar-refractivity contribution in [3.8, 4) is 5.75 Å². The molecule has 10 nitrogen and oxygen atoms in total. The van der Waals surface area contributed by atoms with Gasteiger partial charge in [-0.15, -0.1) is 0 Å². The summed E-state index contributed by atoms with van der Waals surface area (Å²) in [6.45, 7) is 5.57. The number of rotatable bonds is 8. The molecule has 3 amide bonds. The number of benzene rings is 1. The number of carbonyl (C=O) groups excluding carboxylic acids is 2. The monoisotopic (exact) mass is 445 g/mol. The number of urea groups is 1. The van der Waals surface area contributed by atoms with E-state index in [1.165, 1.54) is 17.5 Å². The maximum atomic E-state index is 12.9. The maximum absolute atomic E-state index is 12.9. The van der Waals surface area contributed by atoms with Crippen LogP contribution < -0.4 is 10.1 Å². The maximum Gasteiger partial charge on any atom is 0.390 e. The van der Waals surface area contributed by atoms with Crippen LogP contribution in [0, 0.1) is 13.8 Å². The first-order valence-corrected chi connectivity index (χ1v) is 10.6. The molecule has 0 spiro atoms. The number of nitrogens with one attached hydrogen (secondary N) is 1. The van der Waals surface area contributed by atoms with E-state index in [2.05, 4.69) is 10.3 Å². The van der Waals surface area contributed by atoms with Crippen molar-refractivity contribution in [3.05, 3.63) is 29.3 Å². The van der Waals surface area contributed by atoms with Gasteiger partial charge in [0, 0.05) is 20.6 Å². The number of hydrogen-bond donors (Lipinski definition) is 2. The standard InChI is InChI=1S/C22H32N6O4/c1-14-7-8-17(11-15(14)2)32-13-16(29)12-28-18-19(24-21(28)23-9-10-25(3)4)26(5)22(31)27(6)20(18)30/h7-8,11,16,18,29H,9-10,12-13H2,1-6H3/p+1. The smallest absolute Gasteiger partial charge is 0.390 e. The molecule has 1 saturated heterocycles. The number of fused-ring (bicyclic) bond motifs is 1. The molecule has 2 heterocycles. The van der Waals surface area contributed by atoms with Gasteiger partial charge in [0.15, 0.2) is 0 Å². The third kappa shape index (κ3) is 4.91. The fourth-order valence-corrected chi connectivity index (χ4v) is 3.60. The molecule has 0 aliphatic carbocycles. The predicted octanol–water partition coefficient (Wildman–Crippen LogP) is -0.133. The van der Waals surface area contributed by atoms with Gasteiger partial charge in [-0.3, -0.25) is 19.9 Å². The summed E-state index contributed by atoms with van der Waals surface area (Å²) in [5, 5.41) is 14.0. The number of hydrogen-bond acceptors (Lipinski definition) is 7. The highest BCUT2D eigenvalue weighted by molar-refractivity contribution is 6.22. The molecule has 10 heteroatoms. The highest BCUT2D eigenvalue weighted by Crippen LogP contribution is 2.20. The topological polar surface area (TPSA) is 101 Å². The third-order valence-electron chi connectivity index (χ3n) is 5.70. The van der Waals surface area contributed by atoms with E-state index >= 15 is 0 Å². The Bertz CT molecular complexity index is 958. The van der Waals surface area contributed by atoms with Crippen molar-refractivity contribution >= 4 is 23.7 Å². The van der Waals surface area contributed by atoms with Gasteiger partial charge in [-0.1, -0.05) is 11.1 Å². The van der Waals surface area contributed by atoms with Gasteiger partial charge in [-0.2, -0.15) is 0 Å². The molecule has 2 N–H and O–H groups in total. The van der Waals surface area contributed by atoms with Crippen LogP contribution in [0.5, 0.6) is 5.75 Å². The first kappa shape index (κ1) is 23.7. The van der Waals surface area contributed by atoms with E-state index in [0.29, 0.717) is 24.1 Å². The van der Waals surface area contributed by atoms with E-state index in [4.69, 9.17) is 4.74 Å². The quantitative estimate of drug-likeness (QED) is 0.541. The van der Waals surface area contributed by atoms with Crippen molar-refractivity contribution < 1.29 is 24.0 Å². The number of guanidine groups is 1. The fourth-order valence-electron chi connectivity index (χ4n) is 3.60. The highest BCUT2D eigenvalue weighted by atomic mass is 16.5. The second-order valence-corrected chi connectivity index (χ2v) is 8.53. The Morgan fingerprint density at radius 2 is 1.94 bits per heavy atom. The van der Waals surface area contributed by atoms with Crippen molar-refractivity contribution in [1.82, 2.24) is 20.0 Å². The lowest BCUT2D eigenvalue weighted by Gasteiger charge is -2.32. The summed E-state index contributed by atoms with van der Waals surface area (Å²) >= 11 is 0. The van der Waals surface area contributed by atoms with E-state index in [9.17, 15) is 14.7 Å². The number of carbonyl (C=O) groups is 2. The molecule has 0 saturated carbocycles. The predicted molar refractivity (Wildman–Crippen MR) is 121 cm³/mol. The number of ether oxygens (including phenoxy) is 1. The molecule has 2 aliphatic rings. The molecule has 2 unspecified atom stereocenters. The molecule has 2 aliphatic heterocycles. The average molecular weight is 446 g/mol. The molecule has 1 aromatic rings. The SMILES string of the molecule is Cc1ccc(OCC(O)C[N+]2=C(NCCN(C)C)N=C3C2C(=O)N(C)C(=O)N3C)cc1C. The number of aliphatic imine (C=N–C) groups is 1. The molecular formula is C22H33N6O4+. The molecule has 0 radical (unpaired) electrons. The van der Waals surface area contributed by atoms with E-state index in [1.54, 1.807) is 11.6 Å². The van der Waals surface area contributed by atoms with E-state index in [-0.39, 0.29) is 19.1 Å². The van der Waals surface area contributed by atoms with Crippen LogP contribution in [-0.2, 0) is 4.79 Å². The number of aliphatic hydroxyl groups excluding tert-OH is 1. The second-order valence-electron chi connectivity index (χ2n) is 8.53. The summed E-state index contributed by atoms with van der Waals surface area (Å²) in [7, 11) is 6.97. The average Bonchev–Trinajstić information content (AvgIpc) is 3.09. The molecule has 0 aromatic heterocycles. The zero-order valence-corrected chi connectivity index (χ0v) is 19.6. The molecule has 3 rings (SSSR count). The number of imide groups is 1. The summed E-state index contributed by atoms with van der Waals surface area (Å²) < 4.78 is 7.48. The number of β-amino-alcohol motifs (C(OH)–C–C–N with tert-alkyl or cyclic N) is 1. The molecule has 2 atom stereocenters. The van der Waals surface area contributed by atoms with Gasteiger partial charge in [0.05, 0.1) is 13.1 Å². The number of aliphatic hydroxyl groups is 1. The Labute approximate surface area is 188 Å². The molecule has 0 bridgehead atoms. The number of aryl methyl sites for hydroxylation is 2. The number of nitrogens with zero attached hydrogens (tertiary/aromatic N) is 5. The highest BCUT2D eigenvalue weighted by Gasteiger charge is 2.51. The van der Waals surface area contributed by atoms with Gasteiger partial charge in [-0.05, 0) is 51.2 Å². The second kappa shape index (κ2) is 9.66. The van der Waals surface area contributed by atoms with Crippen LogP contribution in [0.4, 0.5) is 4.79 Å². The Balaban J connectivity index is 1.77. The number of amides is 3. The van der Waals surface area contributed by atoms with Crippen LogP contribution in [0.3, 0.4) is 0 Å². The Morgan fingerprint density at radius 3 is 2.59 bits per heavy atom. The molecular weight excluding hydrogens is 412 g/mol. The van der Waals surface area contributed by atoms with Crippen molar-refractivity contribution in [1.29, 1.82) is 0 Å². The largest absolute Gasteiger partial charge is 0.491 e. The minimum absolute atomic E-state index is 0.0603. The van der Waals surface area contributed by atoms with Gasteiger partial charge in [0.1, 0.15) is 18.5 Å². The summed E-state index contributed by atoms with van der Waals surface area (Å²) in [6.07, 6.45) is -0.877. The van der Waals surface area contributed by atoms with Crippen molar-refractivity contribution in [2.75, 3.05) is 54.4 Å². The van der Waals surface area contributed by atoms with Crippen molar-refractivity contribution in [2.24, 2.45) is 4.99 Å². The Kier molecular flexibility index (Phi) is 7.15. The zero-order valence-electron chi connectivity index (χ0n) is 19.6. The van der Waals surface area contributed by atoms with Crippen LogP contribution in [0.15, 0.2) is 23.2 Å². The lowest BCUT2D eigenvalue weighted by atomic mass is 10.1. The zero-order chi connectivity index (χ0) is 23.6. The molecule has 1 aromatic carbocycles. The Hall–Kier alpha value is -2.98. The van der Waals surface area contributed by atoms with E-state index in [0.717, 1.165) is 17.0 Å². The van der Waals surface area contributed by atoms with E-state index < -0.39 is 18.2 Å². The Morgan fingerprint density at radius 1 is 1.22 bits per heavy atom. The van der Waals surface area contributed by atoms with Crippen molar-refractivity contribution in [2.45, 2.75) is 26.0 Å². The first-order valence-electron chi connectivity index (χ1n) is 10.6. The van der Waals surface area contributed by atoms with Gasteiger partial charge in [0.2, 0.25) is 11.9 Å². The number of likely N-dealkylation sites (N-methyl/N-ethyl adjacent to an activating group) is 3. The summed E-state index contributed by atoms with van der Waals surface area (Å²) in [6, 6.07) is 4.56. The fraction of sp³-hybridized carbons (Fsp3) is 0.545. The lowest BCUT2D eigenvalue weighted by molar-refractivity contribution is -0.545. The molecule has 1 fully saturated rings. The minimum Gasteiger partial charge on any atom is -0.491 e. The van der Waals surface area contributed by atoms with Crippen LogP contribution in [0.25, 0.3) is 0 Å². The normalized spacial score (nSPS) is 19.5. The molecule has 32 heavy (non-hydrogen) atoms.